The van der Waals surface area contributed by atoms with Gasteiger partial charge in [-0.05, 0) is 94.5 Å². The summed E-state index contributed by atoms with van der Waals surface area (Å²) < 4.78 is 0. The van der Waals surface area contributed by atoms with E-state index in [-0.39, 0.29) is 114 Å². The van der Waals surface area contributed by atoms with Crippen LogP contribution in [0.15, 0.2) is 0 Å². The number of aliphatic carboxylic acids is 8. The van der Waals surface area contributed by atoms with Crippen LogP contribution in [0.2, 0.25) is 0 Å². The Kier molecular flexibility index (Phi) is 13.3. The third-order valence-corrected chi connectivity index (χ3v) is 9.96. The van der Waals surface area contributed by atoms with Gasteiger partial charge in [0.1, 0.15) is 0 Å². The quantitative estimate of drug-likeness (QED) is 0.0457. The van der Waals surface area contributed by atoms with E-state index in [9.17, 15) is 79.2 Å². The molecule has 0 unspecified atom stereocenters. The molecule has 0 aromatic carbocycles. The zero-order valence-electron chi connectivity index (χ0n) is 31.6. The molecule has 0 saturated carbocycles. The van der Waals surface area contributed by atoms with Gasteiger partial charge in [0.2, 0.25) is 0 Å². The van der Waals surface area contributed by atoms with Crippen molar-refractivity contribution in [2.45, 2.75) is 77.0 Å². The van der Waals surface area contributed by atoms with E-state index in [1.165, 1.54) is 24.3 Å². The molecule has 0 amide bonds. The number of H-pyrrole nitrogens is 4. The van der Waals surface area contributed by atoms with Crippen molar-refractivity contribution in [3.63, 3.8) is 0 Å². The second-order valence-electron chi connectivity index (χ2n) is 14.1. The van der Waals surface area contributed by atoms with Gasteiger partial charge >= 0.3 is 47.8 Å². The molecule has 12 N–H and O–H groups in total. The van der Waals surface area contributed by atoms with Crippen LogP contribution < -0.4 is 21.4 Å². The SMILES string of the molecule is O=C(O)CCc1c2[nH]c(c1CC(=O)O)C=c1[nH]c(c(CC(=O)O)c1CCC(=O)O)=Cc1[nH]c(c(CC(=O)O)c1CCC(=O)O)C=c1[nH]c(c(CC(=O)O)c1CCC(=O)O)=C2. The second-order valence-corrected chi connectivity index (χ2v) is 14.1. The van der Waals surface area contributed by atoms with Gasteiger partial charge in [0.25, 0.3) is 0 Å². The molecule has 5 heterocycles. The number of carboxylic acid groups (broad SMARTS) is 8. The van der Waals surface area contributed by atoms with Crippen LogP contribution >= 0.6 is 0 Å². The van der Waals surface area contributed by atoms with Crippen molar-refractivity contribution in [2.24, 2.45) is 0 Å². The van der Waals surface area contributed by atoms with E-state index in [1.54, 1.807) is 0 Å². The third-order valence-electron chi connectivity index (χ3n) is 9.96. The summed E-state index contributed by atoms with van der Waals surface area (Å²) in [5, 5.41) is 79.2. The minimum absolute atomic E-state index is 0.0969. The van der Waals surface area contributed by atoms with Crippen LogP contribution in [0, 0.1) is 0 Å². The Balaban J connectivity index is 2.08. The van der Waals surface area contributed by atoms with Crippen molar-refractivity contribution in [2.75, 3.05) is 0 Å². The van der Waals surface area contributed by atoms with Gasteiger partial charge < -0.3 is 60.8 Å². The zero-order chi connectivity index (χ0) is 44.0. The maximum atomic E-state index is 12.3. The van der Waals surface area contributed by atoms with Crippen LogP contribution in [0.4, 0.5) is 0 Å². The summed E-state index contributed by atoms with van der Waals surface area (Å²) in [4.78, 5) is 109. The first-order chi connectivity index (χ1) is 28.3. The van der Waals surface area contributed by atoms with E-state index in [4.69, 9.17) is 0 Å². The predicted molar refractivity (Wildman–Crippen MR) is 205 cm³/mol. The van der Waals surface area contributed by atoms with Crippen LogP contribution in [-0.2, 0) is 89.7 Å². The molecule has 316 valence electrons. The lowest BCUT2D eigenvalue weighted by Gasteiger charge is -2.05. The van der Waals surface area contributed by atoms with Crippen molar-refractivity contribution < 1.29 is 79.2 Å². The molecule has 0 spiro atoms. The molecule has 0 saturated heterocycles. The van der Waals surface area contributed by atoms with Gasteiger partial charge in [-0.3, -0.25) is 38.4 Å². The van der Waals surface area contributed by atoms with Crippen LogP contribution in [0.1, 0.15) is 93.0 Å². The van der Waals surface area contributed by atoms with Crippen LogP contribution in [0.3, 0.4) is 0 Å². The van der Waals surface area contributed by atoms with E-state index in [2.05, 4.69) is 19.9 Å². The topological polar surface area (TPSA) is 362 Å². The fourth-order valence-corrected chi connectivity index (χ4v) is 7.53. The molecule has 20 heteroatoms. The summed E-state index contributed by atoms with van der Waals surface area (Å²) >= 11 is 0. The predicted octanol–water partition coefficient (Wildman–Crippen LogP) is -0.795. The number of aromatic nitrogens is 4. The van der Waals surface area contributed by atoms with E-state index >= 15 is 0 Å². The molecule has 60 heavy (non-hydrogen) atoms. The van der Waals surface area contributed by atoms with Gasteiger partial charge in [0.05, 0.1) is 25.7 Å². The highest BCUT2D eigenvalue weighted by molar-refractivity contribution is 5.79. The number of aromatic amines is 4. The first kappa shape index (κ1) is 43.5. The average molecular weight is 833 g/mol. The molecule has 1 aliphatic heterocycles. The van der Waals surface area contributed by atoms with E-state index in [0.717, 1.165) is 0 Å². The van der Waals surface area contributed by atoms with Gasteiger partial charge in [-0.1, -0.05) is 0 Å². The summed E-state index contributed by atoms with van der Waals surface area (Å²) in [5.74, 6) is -10.2. The van der Waals surface area contributed by atoms with Crippen LogP contribution in [0.25, 0.3) is 24.3 Å². The number of carbonyl (C=O) groups is 8. The standard InChI is InChI=1S/C40H40N4O16/c45-33(46)5-1-17-21(9-37(53)54)29-14-26-19(3-7-35(49)50)23(11-39(57)58)31(43-26)16-28-20(4-8-36(51)52)24(12-40(59)60)32(44-28)15-27-18(2-6-34(47)48)22(10-38(55)56)30(42-27)13-25(17)41-29/h13-16,41-44H,1-12H2,(H,45,46)(H,47,48)(H,49,50)(H,51,52)(H,53,54)(H,55,56)(H,57,58)(H,59,60). The second kappa shape index (κ2) is 18.3. The van der Waals surface area contributed by atoms with Crippen molar-refractivity contribution in [3.8, 4) is 0 Å². The van der Waals surface area contributed by atoms with Crippen molar-refractivity contribution in [1.82, 2.24) is 19.9 Å². The van der Waals surface area contributed by atoms with Gasteiger partial charge in [-0.15, -0.1) is 0 Å². The Morgan fingerprint density at radius 1 is 0.300 bits per heavy atom. The Hall–Kier alpha value is -7.64. The Bertz CT molecular complexity index is 2520. The number of hydrogen-bond donors (Lipinski definition) is 12. The minimum atomic E-state index is -1.32. The molecule has 5 rings (SSSR count). The molecule has 0 radical (unpaired) electrons. The lowest BCUT2D eigenvalue weighted by Crippen LogP contribution is -2.15. The van der Waals surface area contributed by atoms with Gasteiger partial charge in [0.15, 0.2) is 0 Å². The van der Waals surface area contributed by atoms with Gasteiger partial charge in [-0.25, -0.2) is 0 Å². The molecule has 0 aliphatic carbocycles. The highest BCUT2D eigenvalue weighted by Crippen LogP contribution is 2.26. The summed E-state index contributed by atoms with van der Waals surface area (Å²) in [6.45, 7) is 0. The van der Waals surface area contributed by atoms with E-state index in [0.29, 0.717) is 0 Å². The highest BCUT2D eigenvalue weighted by atomic mass is 16.4. The molecular formula is C40H40N4O16. The van der Waals surface area contributed by atoms with Crippen LogP contribution in [0.5, 0.6) is 0 Å². The largest absolute Gasteiger partial charge is 0.481 e. The molecule has 0 atom stereocenters. The lowest BCUT2D eigenvalue weighted by molar-refractivity contribution is -0.138. The number of nitrogens with one attached hydrogen (secondary N) is 4. The first-order valence-corrected chi connectivity index (χ1v) is 18.4. The Morgan fingerprint density at radius 2 is 0.533 bits per heavy atom. The molecule has 8 bridgehead atoms. The average Bonchev–Trinajstić information content (AvgIpc) is 3.81. The van der Waals surface area contributed by atoms with Crippen LogP contribution in [-0.4, -0.2) is 109 Å². The summed E-state index contributed by atoms with van der Waals surface area (Å²) in [6, 6.07) is 0. The van der Waals surface area contributed by atoms with Gasteiger partial charge in [0, 0.05) is 69.9 Å². The fourth-order valence-electron chi connectivity index (χ4n) is 7.53. The summed E-state index contributed by atoms with van der Waals surface area (Å²) in [6.07, 6.45) is 0.242. The van der Waals surface area contributed by atoms with Crippen molar-refractivity contribution >= 4 is 72.1 Å². The molecule has 1 aliphatic rings. The lowest BCUT2D eigenvalue weighted by atomic mass is 9.98. The normalized spacial score (nSPS) is 11.7. The maximum absolute atomic E-state index is 12.3. The maximum Gasteiger partial charge on any atom is 0.307 e. The highest BCUT2D eigenvalue weighted by Gasteiger charge is 2.24. The van der Waals surface area contributed by atoms with Crippen molar-refractivity contribution in [3.05, 3.63) is 88.7 Å². The fraction of sp³-hybridized carbons (Fsp3) is 0.300. The monoisotopic (exact) mass is 832 g/mol. The number of rotatable bonds is 20. The Morgan fingerprint density at radius 3 is 0.800 bits per heavy atom. The van der Waals surface area contributed by atoms with Gasteiger partial charge in [-0.2, -0.15) is 0 Å². The summed E-state index contributed by atoms with van der Waals surface area (Å²) in [7, 11) is 0. The molecule has 0 fully saturated rings. The summed E-state index contributed by atoms with van der Waals surface area (Å²) in [5.41, 5.74) is 1.73. The molecular weight excluding hydrogens is 792 g/mol. The number of hydrogen-bond acceptors (Lipinski definition) is 8. The van der Waals surface area contributed by atoms with Crippen molar-refractivity contribution in [1.29, 1.82) is 0 Å². The number of fused-ring (bicyclic) bond motifs is 8. The third kappa shape index (κ3) is 10.4. The number of carboxylic acids is 8. The Labute approximate surface area is 336 Å². The smallest absolute Gasteiger partial charge is 0.307 e. The molecule has 20 nitrogen and oxygen atoms in total. The minimum Gasteiger partial charge on any atom is -0.481 e. The zero-order valence-corrected chi connectivity index (χ0v) is 31.6. The van der Waals surface area contributed by atoms with E-state index < -0.39 is 99.1 Å². The molecule has 4 aromatic heterocycles. The molecule has 4 aromatic rings. The first-order valence-electron chi connectivity index (χ1n) is 18.4. The van der Waals surface area contributed by atoms with E-state index in [1.807, 2.05) is 0 Å².